The molecule has 154 valence electrons. The lowest BCUT2D eigenvalue weighted by molar-refractivity contribution is -0.125. The maximum Gasteiger partial charge on any atom is 0.339 e. The lowest BCUT2D eigenvalue weighted by Crippen LogP contribution is -2.43. The zero-order valence-electron chi connectivity index (χ0n) is 16.8. The van der Waals surface area contributed by atoms with Crippen LogP contribution in [0.1, 0.15) is 74.8 Å². The molecule has 0 aliphatic heterocycles. The fourth-order valence-corrected chi connectivity index (χ4v) is 4.30. The van der Waals surface area contributed by atoms with Gasteiger partial charge in [-0.2, -0.15) is 0 Å². The van der Waals surface area contributed by atoms with Crippen LogP contribution in [0.4, 0.5) is 0 Å². The quantitative estimate of drug-likeness (QED) is 0.673. The van der Waals surface area contributed by atoms with Gasteiger partial charge in [0, 0.05) is 28.3 Å². The van der Waals surface area contributed by atoms with Crippen molar-refractivity contribution in [2.75, 3.05) is 6.61 Å². The summed E-state index contributed by atoms with van der Waals surface area (Å²) in [7, 11) is 0. The summed E-state index contributed by atoms with van der Waals surface area (Å²) in [5.41, 5.74) is 0.793. The molecule has 2 unspecified atom stereocenters. The molecule has 0 saturated heterocycles. The van der Waals surface area contributed by atoms with Gasteiger partial charge in [-0.1, -0.05) is 56.2 Å². The summed E-state index contributed by atoms with van der Waals surface area (Å²) >= 11 is 0. The summed E-state index contributed by atoms with van der Waals surface area (Å²) < 4.78 is 5.19. The van der Waals surface area contributed by atoms with E-state index < -0.39 is 18.4 Å². The molecular formula is C24H23NO5. The number of hydrogen-bond donors (Lipinski definition) is 1. The van der Waals surface area contributed by atoms with Crippen LogP contribution in [0.15, 0.2) is 42.5 Å². The van der Waals surface area contributed by atoms with Crippen LogP contribution >= 0.6 is 0 Å². The molecule has 0 heterocycles. The van der Waals surface area contributed by atoms with Gasteiger partial charge < -0.3 is 10.1 Å². The second-order valence-electron chi connectivity index (χ2n) is 7.94. The minimum atomic E-state index is -0.792. The number of esters is 1. The van der Waals surface area contributed by atoms with Crippen molar-refractivity contribution < 1.29 is 23.9 Å². The van der Waals surface area contributed by atoms with Gasteiger partial charge in [0.15, 0.2) is 18.2 Å². The summed E-state index contributed by atoms with van der Waals surface area (Å²) in [4.78, 5) is 50.7. The van der Waals surface area contributed by atoms with E-state index in [-0.39, 0.29) is 40.0 Å². The third-order valence-corrected chi connectivity index (χ3v) is 5.96. The highest BCUT2D eigenvalue weighted by Crippen LogP contribution is 2.30. The summed E-state index contributed by atoms with van der Waals surface area (Å²) in [5, 5.41) is 2.93. The van der Waals surface area contributed by atoms with E-state index in [1.165, 1.54) is 18.2 Å². The molecule has 0 spiro atoms. The number of hydrogen-bond acceptors (Lipinski definition) is 5. The van der Waals surface area contributed by atoms with Crippen molar-refractivity contribution in [3.63, 3.8) is 0 Å². The molecule has 2 atom stereocenters. The first-order valence-corrected chi connectivity index (χ1v) is 10.3. The molecule has 6 nitrogen and oxygen atoms in total. The summed E-state index contributed by atoms with van der Waals surface area (Å²) in [6.45, 7) is 1.68. The van der Waals surface area contributed by atoms with Gasteiger partial charge in [0.2, 0.25) is 0 Å². The Morgan fingerprint density at radius 1 is 0.933 bits per heavy atom. The molecule has 0 radical (unpaired) electrons. The first kappa shape index (κ1) is 20.0. The normalized spacial score (nSPS) is 20.2. The van der Waals surface area contributed by atoms with Gasteiger partial charge in [-0.3, -0.25) is 14.4 Å². The van der Waals surface area contributed by atoms with E-state index >= 15 is 0 Å². The van der Waals surface area contributed by atoms with Crippen LogP contribution in [0.25, 0.3) is 0 Å². The van der Waals surface area contributed by atoms with Crippen LogP contribution in [-0.2, 0) is 9.53 Å². The highest BCUT2D eigenvalue weighted by Gasteiger charge is 2.33. The number of carbonyl (C=O) groups is 4. The standard InChI is InChI=1S/C24H23NO5/c1-14-7-2-5-12-19(14)25-20(26)13-30-24(29)18-11-6-10-17-21(18)23(28)16-9-4-3-8-15(16)22(17)27/h3-4,6,8-11,14,19H,2,5,7,12-13H2,1H3,(H,25,26). The first-order valence-electron chi connectivity index (χ1n) is 10.3. The zero-order valence-corrected chi connectivity index (χ0v) is 16.8. The molecule has 30 heavy (non-hydrogen) atoms. The molecule has 1 amide bonds. The second kappa shape index (κ2) is 8.22. The number of ketones is 2. The smallest absolute Gasteiger partial charge is 0.339 e. The lowest BCUT2D eigenvalue weighted by Gasteiger charge is -2.29. The average Bonchev–Trinajstić information content (AvgIpc) is 2.77. The topological polar surface area (TPSA) is 89.5 Å². The molecule has 2 aliphatic carbocycles. The van der Waals surface area contributed by atoms with E-state index in [1.807, 2.05) is 0 Å². The summed E-state index contributed by atoms with van der Waals surface area (Å²) in [5.74, 6) is -1.46. The molecule has 2 aliphatic rings. The Morgan fingerprint density at radius 2 is 1.60 bits per heavy atom. The van der Waals surface area contributed by atoms with Crippen LogP contribution < -0.4 is 5.32 Å². The predicted molar refractivity (Wildman–Crippen MR) is 110 cm³/mol. The fourth-order valence-electron chi connectivity index (χ4n) is 4.30. The summed E-state index contributed by atoms with van der Waals surface area (Å²) in [6, 6.07) is 11.1. The van der Waals surface area contributed by atoms with Gasteiger partial charge in [0.25, 0.3) is 5.91 Å². The number of rotatable bonds is 4. The number of carbonyl (C=O) groups excluding carboxylic acids is 4. The first-order chi connectivity index (χ1) is 14.5. The molecule has 4 rings (SSSR count). The van der Waals surface area contributed by atoms with Crippen molar-refractivity contribution in [2.45, 2.75) is 38.6 Å². The van der Waals surface area contributed by atoms with Crippen molar-refractivity contribution in [3.8, 4) is 0 Å². The van der Waals surface area contributed by atoms with Gasteiger partial charge in [-0.05, 0) is 24.8 Å². The predicted octanol–water partition coefficient (Wildman–Crippen LogP) is 3.31. The third kappa shape index (κ3) is 3.65. The van der Waals surface area contributed by atoms with Gasteiger partial charge in [0.1, 0.15) is 0 Å². The number of amides is 1. The Balaban J connectivity index is 1.50. The van der Waals surface area contributed by atoms with Gasteiger partial charge in [0.05, 0.1) is 5.56 Å². The van der Waals surface area contributed by atoms with Crippen molar-refractivity contribution in [2.24, 2.45) is 5.92 Å². The fraction of sp³-hybridized carbons (Fsp3) is 0.333. The molecule has 0 bridgehead atoms. The van der Waals surface area contributed by atoms with Crippen LogP contribution in [0.3, 0.4) is 0 Å². The maximum absolute atomic E-state index is 13.0. The summed E-state index contributed by atoms with van der Waals surface area (Å²) in [6.07, 6.45) is 4.22. The molecule has 0 aromatic heterocycles. The Kier molecular flexibility index (Phi) is 5.48. The average molecular weight is 405 g/mol. The maximum atomic E-state index is 13.0. The van der Waals surface area contributed by atoms with Crippen molar-refractivity contribution >= 4 is 23.4 Å². The molecule has 1 saturated carbocycles. The van der Waals surface area contributed by atoms with E-state index in [0.717, 1.165) is 25.7 Å². The van der Waals surface area contributed by atoms with Crippen LogP contribution in [0, 0.1) is 5.92 Å². The Bertz CT molecular complexity index is 1040. The van der Waals surface area contributed by atoms with Crippen molar-refractivity contribution in [3.05, 3.63) is 70.3 Å². The SMILES string of the molecule is CC1CCCCC1NC(=O)COC(=O)c1cccc2c1C(=O)c1ccccc1C2=O. The van der Waals surface area contributed by atoms with E-state index in [9.17, 15) is 19.2 Å². The highest BCUT2D eigenvalue weighted by molar-refractivity contribution is 6.30. The second-order valence-corrected chi connectivity index (χ2v) is 7.94. The van der Waals surface area contributed by atoms with E-state index in [2.05, 4.69) is 12.2 Å². The number of fused-ring (bicyclic) bond motifs is 2. The highest BCUT2D eigenvalue weighted by atomic mass is 16.5. The lowest BCUT2D eigenvalue weighted by atomic mass is 9.82. The van der Waals surface area contributed by atoms with Gasteiger partial charge in [-0.15, -0.1) is 0 Å². The third-order valence-electron chi connectivity index (χ3n) is 5.96. The van der Waals surface area contributed by atoms with Crippen LogP contribution in [0.2, 0.25) is 0 Å². The van der Waals surface area contributed by atoms with E-state index in [1.54, 1.807) is 24.3 Å². The molecule has 1 N–H and O–H groups in total. The van der Waals surface area contributed by atoms with Gasteiger partial charge >= 0.3 is 5.97 Å². The number of benzene rings is 2. The van der Waals surface area contributed by atoms with Crippen molar-refractivity contribution in [1.29, 1.82) is 0 Å². The monoisotopic (exact) mass is 405 g/mol. The van der Waals surface area contributed by atoms with Gasteiger partial charge in [-0.25, -0.2) is 4.79 Å². The number of nitrogens with one attached hydrogen (secondary N) is 1. The van der Waals surface area contributed by atoms with E-state index in [4.69, 9.17) is 4.74 Å². The van der Waals surface area contributed by atoms with E-state index in [0.29, 0.717) is 11.5 Å². The van der Waals surface area contributed by atoms with Crippen molar-refractivity contribution in [1.82, 2.24) is 5.32 Å². The molecule has 1 fully saturated rings. The van der Waals surface area contributed by atoms with Crippen LogP contribution in [-0.4, -0.2) is 36.1 Å². The van der Waals surface area contributed by atoms with Crippen LogP contribution in [0.5, 0.6) is 0 Å². The Morgan fingerprint density at radius 3 is 2.33 bits per heavy atom. The minimum absolute atomic E-state index is 0.000752. The zero-order chi connectivity index (χ0) is 21.3. The molecule has 6 heteroatoms. The largest absolute Gasteiger partial charge is 0.452 e. The number of ether oxygens (including phenoxy) is 1. The Hall–Kier alpha value is -3.28. The minimum Gasteiger partial charge on any atom is -0.452 e. The molecule has 2 aromatic carbocycles. The molecular weight excluding hydrogens is 382 g/mol. The Labute approximate surface area is 174 Å². The molecule has 2 aromatic rings.